The largest absolute Gasteiger partial charge is 0.369 e. The Balaban J connectivity index is 2.62. The molecule has 4 heteroatoms. The molecule has 1 heterocycles. The van der Waals surface area contributed by atoms with E-state index in [1.165, 1.54) is 0 Å². The van der Waals surface area contributed by atoms with Crippen LogP contribution in [0.4, 0.5) is 0 Å². The van der Waals surface area contributed by atoms with Gasteiger partial charge in [0, 0.05) is 25.6 Å². The van der Waals surface area contributed by atoms with Gasteiger partial charge in [-0.3, -0.25) is 4.79 Å². The molecule has 0 aromatic carbocycles. The second-order valence-corrected chi connectivity index (χ2v) is 7.14. The summed E-state index contributed by atoms with van der Waals surface area (Å²) in [7, 11) is 0. The summed E-state index contributed by atoms with van der Waals surface area (Å²) in [6.45, 7) is 13.6. The Morgan fingerprint density at radius 1 is 1.50 bits per heavy atom. The Bertz CT molecular complexity index is 307. The summed E-state index contributed by atoms with van der Waals surface area (Å²) in [6.07, 6.45) is 0.496. The molecule has 1 rings (SSSR count). The number of carbonyl (C=O) groups excluding carboxylic acids is 1. The fraction of sp³-hybridized carbons (Fsp3) is 0.929. The molecule has 1 fully saturated rings. The topological polar surface area (TPSA) is 55.6 Å². The summed E-state index contributed by atoms with van der Waals surface area (Å²) in [4.78, 5) is 14.2. The van der Waals surface area contributed by atoms with Gasteiger partial charge in [0.25, 0.3) is 0 Å². The molecule has 1 amide bonds. The second kappa shape index (κ2) is 5.17. The summed E-state index contributed by atoms with van der Waals surface area (Å²) in [5, 5.41) is 0. The second-order valence-electron chi connectivity index (χ2n) is 7.14. The molecule has 18 heavy (non-hydrogen) atoms. The molecule has 0 spiro atoms. The van der Waals surface area contributed by atoms with Crippen LogP contribution in [0.3, 0.4) is 0 Å². The van der Waals surface area contributed by atoms with Crippen molar-refractivity contribution in [2.45, 2.75) is 65.7 Å². The average Bonchev–Trinajstić information content (AvgIpc) is 2.12. The van der Waals surface area contributed by atoms with E-state index in [4.69, 9.17) is 10.5 Å². The van der Waals surface area contributed by atoms with E-state index in [9.17, 15) is 4.79 Å². The molecule has 2 N–H and O–H groups in total. The monoisotopic (exact) mass is 256 g/mol. The van der Waals surface area contributed by atoms with Crippen molar-refractivity contribution < 1.29 is 9.53 Å². The third-order valence-electron chi connectivity index (χ3n) is 3.43. The van der Waals surface area contributed by atoms with Crippen LogP contribution >= 0.6 is 0 Å². The number of hydrogen-bond acceptors (Lipinski definition) is 3. The maximum absolute atomic E-state index is 12.3. The molecule has 4 nitrogen and oxygen atoms in total. The molecule has 2 atom stereocenters. The van der Waals surface area contributed by atoms with E-state index < -0.39 is 0 Å². The Hall–Kier alpha value is -0.610. The molecule has 1 aliphatic rings. The maximum atomic E-state index is 12.3. The molecule has 0 aromatic rings. The fourth-order valence-electron chi connectivity index (χ4n) is 2.27. The zero-order valence-corrected chi connectivity index (χ0v) is 12.6. The highest BCUT2D eigenvalue weighted by atomic mass is 16.5. The van der Waals surface area contributed by atoms with Crippen molar-refractivity contribution in [1.29, 1.82) is 0 Å². The quantitative estimate of drug-likeness (QED) is 0.819. The lowest BCUT2D eigenvalue weighted by molar-refractivity contribution is -0.158. The molecule has 1 aliphatic heterocycles. The third kappa shape index (κ3) is 4.25. The summed E-state index contributed by atoms with van der Waals surface area (Å²) in [6, 6.07) is -0.105. The minimum Gasteiger partial charge on any atom is -0.369 e. The van der Waals surface area contributed by atoms with Crippen molar-refractivity contribution in [3.8, 4) is 0 Å². The number of amides is 1. The molecule has 0 saturated carbocycles. The molecule has 0 radical (unpaired) electrons. The molecule has 0 aromatic heterocycles. The lowest BCUT2D eigenvalue weighted by atomic mass is 9.85. The predicted octanol–water partition coefficient (Wildman–Crippen LogP) is 1.78. The number of hydrogen-bond donors (Lipinski definition) is 1. The van der Waals surface area contributed by atoms with Crippen LogP contribution in [-0.4, -0.2) is 41.6 Å². The van der Waals surface area contributed by atoms with Crippen LogP contribution in [0.2, 0.25) is 0 Å². The molecule has 2 unspecified atom stereocenters. The highest BCUT2D eigenvalue weighted by Gasteiger charge is 2.35. The van der Waals surface area contributed by atoms with Gasteiger partial charge < -0.3 is 15.4 Å². The third-order valence-corrected chi connectivity index (χ3v) is 3.43. The highest BCUT2D eigenvalue weighted by molar-refractivity contribution is 5.77. The van der Waals surface area contributed by atoms with Crippen LogP contribution in [0.5, 0.6) is 0 Å². The van der Waals surface area contributed by atoms with Gasteiger partial charge in [0.05, 0.1) is 11.7 Å². The van der Waals surface area contributed by atoms with Crippen LogP contribution in [-0.2, 0) is 9.53 Å². The van der Waals surface area contributed by atoms with E-state index in [0.29, 0.717) is 19.5 Å². The number of nitrogens with zero attached hydrogens (tertiary/aromatic N) is 1. The first-order valence-corrected chi connectivity index (χ1v) is 6.72. The first-order valence-electron chi connectivity index (χ1n) is 6.72. The van der Waals surface area contributed by atoms with Gasteiger partial charge in [-0.25, -0.2) is 0 Å². The SMILES string of the molecule is CC1CN(C(=O)CC(N)C(C)(C)C)CC(C)(C)O1. The molecule has 106 valence electrons. The molecular weight excluding hydrogens is 228 g/mol. The van der Waals surface area contributed by atoms with E-state index in [2.05, 4.69) is 20.8 Å². The van der Waals surface area contributed by atoms with Crippen molar-refractivity contribution in [3.63, 3.8) is 0 Å². The van der Waals surface area contributed by atoms with Gasteiger partial charge in [-0.2, -0.15) is 0 Å². The number of ether oxygens (including phenoxy) is 1. The first kappa shape index (κ1) is 15.4. The van der Waals surface area contributed by atoms with Crippen LogP contribution < -0.4 is 5.73 Å². The van der Waals surface area contributed by atoms with Crippen molar-refractivity contribution in [3.05, 3.63) is 0 Å². The summed E-state index contributed by atoms with van der Waals surface area (Å²) < 4.78 is 5.80. The first-order chi connectivity index (χ1) is 8.01. The molecular formula is C14H28N2O2. The zero-order valence-electron chi connectivity index (χ0n) is 12.6. The van der Waals surface area contributed by atoms with Gasteiger partial charge in [-0.15, -0.1) is 0 Å². The predicted molar refractivity (Wildman–Crippen MR) is 73.3 cm³/mol. The zero-order chi connectivity index (χ0) is 14.1. The van der Waals surface area contributed by atoms with Crippen molar-refractivity contribution in [1.82, 2.24) is 4.90 Å². The van der Waals surface area contributed by atoms with Crippen molar-refractivity contribution in [2.75, 3.05) is 13.1 Å². The van der Waals surface area contributed by atoms with Gasteiger partial charge in [0.15, 0.2) is 0 Å². The normalized spacial score (nSPS) is 25.9. The Morgan fingerprint density at radius 2 is 2.06 bits per heavy atom. The highest BCUT2D eigenvalue weighted by Crippen LogP contribution is 2.24. The van der Waals surface area contributed by atoms with Crippen LogP contribution in [0.1, 0.15) is 48.0 Å². The smallest absolute Gasteiger partial charge is 0.224 e. The Morgan fingerprint density at radius 3 is 2.50 bits per heavy atom. The van der Waals surface area contributed by atoms with Gasteiger partial charge in [0.2, 0.25) is 5.91 Å². The summed E-state index contributed by atoms with van der Waals surface area (Å²) in [5.41, 5.74) is 5.78. The lowest BCUT2D eigenvalue weighted by Crippen LogP contribution is -2.55. The van der Waals surface area contributed by atoms with Crippen molar-refractivity contribution >= 4 is 5.91 Å². The number of rotatable bonds is 2. The molecule has 0 bridgehead atoms. The van der Waals surface area contributed by atoms with E-state index in [1.54, 1.807) is 0 Å². The van der Waals surface area contributed by atoms with Gasteiger partial charge in [0.1, 0.15) is 0 Å². The summed E-state index contributed by atoms with van der Waals surface area (Å²) in [5.74, 6) is 0.139. The summed E-state index contributed by atoms with van der Waals surface area (Å²) >= 11 is 0. The minimum absolute atomic E-state index is 0.0386. The number of nitrogens with two attached hydrogens (primary N) is 1. The van der Waals surface area contributed by atoms with Crippen LogP contribution in [0.15, 0.2) is 0 Å². The number of carbonyl (C=O) groups is 1. The van der Waals surface area contributed by atoms with E-state index in [1.807, 2.05) is 25.7 Å². The number of morpholine rings is 1. The fourth-order valence-corrected chi connectivity index (χ4v) is 2.27. The van der Waals surface area contributed by atoms with Crippen LogP contribution in [0.25, 0.3) is 0 Å². The van der Waals surface area contributed by atoms with Crippen molar-refractivity contribution in [2.24, 2.45) is 11.1 Å². The van der Waals surface area contributed by atoms with E-state index in [-0.39, 0.29) is 29.1 Å². The maximum Gasteiger partial charge on any atom is 0.224 e. The van der Waals surface area contributed by atoms with Gasteiger partial charge in [-0.05, 0) is 26.2 Å². The Labute approximate surface area is 111 Å². The molecule has 1 saturated heterocycles. The lowest BCUT2D eigenvalue weighted by Gasteiger charge is -2.42. The van der Waals surface area contributed by atoms with E-state index >= 15 is 0 Å². The minimum atomic E-state index is -0.265. The average molecular weight is 256 g/mol. The van der Waals surface area contributed by atoms with Gasteiger partial charge in [-0.1, -0.05) is 20.8 Å². The van der Waals surface area contributed by atoms with Gasteiger partial charge >= 0.3 is 0 Å². The van der Waals surface area contributed by atoms with E-state index in [0.717, 1.165) is 0 Å². The Kier molecular flexibility index (Phi) is 4.44. The standard InChI is InChI=1S/C14H28N2O2/c1-10-8-16(9-14(5,6)18-10)12(17)7-11(15)13(2,3)4/h10-11H,7-9,15H2,1-6H3. The van der Waals surface area contributed by atoms with Crippen LogP contribution in [0, 0.1) is 5.41 Å². The molecule has 0 aliphatic carbocycles.